The minimum atomic E-state index is -0.305. The summed E-state index contributed by atoms with van der Waals surface area (Å²) in [5, 5.41) is 6.62. The van der Waals surface area contributed by atoms with Gasteiger partial charge in [0.15, 0.2) is 5.96 Å². The van der Waals surface area contributed by atoms with Crippen molar-refractivity contribution in [3.8, 4) is 0 Å². The number of rotatable bonds is 8. The summed E-state index contributed by atoms with van der Waals surface area (Å²) in [6.45, 7) is 9.67. The summed E-state index contributed by atoms with van der Waals surface area (Å²) in [5.41, 5.74) is 0.599. The second kappa shape index (κ2) is 13.1. The Morgan fingerprint density at radius 2 is 1.97 bits per heavy atom. The van der Waals surface area contributed by atoms with E-state index in [0.717, 1.165) is 38.4 Å². The molecule has 0 atom stereocenters. The van der Waals surface area contributed by atoms with Crippen LogP contribution in [0.4, 0.5) is 4.39 Å². The van der Waals surface area contributed by atoms with Crippen LogP contribution in [0.5, 0.6) is 0 Å². The number of amides is 1. The fraction of sp³-hybridized carbons (Fsp3) is 0.619. The minimum Gasteiger partial charge on any atom is -0.379 e. The molecule has 1 fully saturated rings. The fourth-order valence-corrected chi connectivity index (χ4v) is 2.94. The highest BCUT2D eigenvalue weighted by Gasteiger charge is 2.21. The third-order valence-electron chi connectivity index (χ3n) is 5.00. The van der Waals surface area contributed by atoms with Crippen molar-refractivity contribution in [2.75, 3.05) is 66.6 Å². The number of aliphatic imine (C=N–C) groups is 1. The van der Waals surface area contributed by atoms with E-state index in [0.29, 0.717) is 19.0 Å². The fourth-order valence-electron chi connectivity index (χ4n) is 2.94. The molecule has 1 heterocycles. The molecule has 1 saturated heterocycles. The normalized spacial score (nSPS) is 15.3. The van der Waals surface area contributed by atoms with Gasteiger partial charge in [-0.3, -0.25) is 9.69 Å². The Kier molecular flexibility index (Phi) is 11.6. The number of benzene rings is 1. The molecular formula is C21H35FIN5O2. The monoisotopic (exact) mass is 535 g/mol. The number of hydrogen-bond donors (Lipinski definition) is 2. The van der Waals surface area contributed by atoms with Gasteiger partial charge in [0.05, 0.1) is 13.2 Å². The zero-order valence-electron chi connectivity index (χ0n) is 18.4. The van der Waals surface area contributed by atoms with Crippen LogP contribution in [-0.4, -0.2) is 88.2 Å². The van der Waals surface area contributed by atoms with E-state index in [-0.39, 0.29) is 47.7 Å². The number of morpholine rings is 1. The lowest BCUT2D eigenvalue weighted by atomic mass is 9.84. The van der Waals surface area contributed by atoms with Crippen molar-refractivity contribution in [2.45, 2.75) is 19.3 Å². The molecule has 1 aromatic carbocycles. The Hall–Kier alpha value is -1.46. The van der Waals surface area contributed by atoms with Crippen molar-refractivity contribution in [1.82, 2.24) is 20.4 Å². The molecule has 30 heavy (non-hydrogen) atoms. The van der Waals surface area contributed by atoms with E-state index < -0.39 is 0 Å². The van der Waals surface area contributed by atoms with E-state index in [1.54, 1.807) is 26.2 Å². The highest BCUT2D eigenvalue weighted by Crippen LogP contribution is 2.22. The molecule has 2 rings (SSSR count). The molecule has 170 valence electrons. The van der Waals surface area contributed by atoms with E-state index in [2.05, 4.69) is 20.5 Å². The van der Waals surface area contributed by atoms with E-state index in [4.69, 9.17) is 4.74 Å². The van der Waals surface area contributed by atoms with Crippen molar-refractivity contribution in [2.24, 2.45) is 4.99 Å². The third-order valence-corrected chi connectivity index (χ3v) is 5.00. The number of ether oxygens (including phenoxy) is 1. The van der Waals surface area contributed by atoms with Gasteiger partial charge in [0, 0.05) is 52.2 Å². The molecule has 0 aromatic heterocycles. The predicted octanol–water partition coefficient (Wildman–Crippen LogP) is 1.68. The highest BCUT2D eigenvalue weighted by atomic mass is 127. The summed E-state index contributed by atoms with van der Waals surface area (Å²) >= 11 is 0. The summed E-state index contributed by atoms with van der Waals surface area (Å²) in [7, 11) is 3.42. The van der Waals surface area contributed by atoms with Crippen molar-refractivity contribution < 1.29 is 13.9 Å². The van der Waals surface area contributed by atoms with Crippen LogP contribution < -0.4 is 10.6 Å². The van der Waals surface area contributed by atoms with Gasteiger partial charge in [-0.25, -0.2) is 9.38 Å². The molecular weight excluding hydrogens is 500 g/mol. The number of nitrogens with zero attached hydrogens (tertiary/aromatic N) is 3. The Labute approximate surface area is 196 Å². The number of hydrogen-bond acceptors (Lipinski definition) is 4. The molecule has 1 aliphatic rings. The van der Waals surface area contributed by atoms with Gasteiger partial charge in [-0.05, 0) is 17.7 Å². The lowest BCUT2D eigenvalue weighted by molar-refractivity contribution is -0.127. The number of nitrogens with one attached hydrogen (secondary N) is 2. The maximum Gasteiger partial charge on any atom is 0.243 e. The summed E-state index contributed by atoms with van der Waals surface area (Å²) in [6, 6.07) is 6.64. The SMILES string of the molecule is CN(C)C(=O)CN=C(NCCN1CCOCC1)NCC(C)(C)c1cccc(F)c1.I. The summed E-state index contributed by atoms with van der Waals surface area (Å²) in [5.74, 6) is 0.270. The Morgan fingerprint density at radius 1 is 1.27 bits per heavy atom. The van der Waals surface area contributed by atoms with E-state index in [1.807, 2.05) is 19.9 Å². The van der Waals surface area contributed by atoms with Crippen LogP contribution in [0.2, 0.25) is 0 Å². The quantitative estimate of drug-likeness (QED) is 0.301. The average Bonchev–Trinajstić information content (AvgIpc) is 2.70. The Balaban J connectivity index is 0.00000450. The number of likely N-dealkylation sites (N-methyl/N-ethyl adjacent to an activating group) is 1. The highest BCUT2D eigenvalue weighted by molar-refractivity contribution is 14.0. The summed E-state index contributed by atoms with van der Waals surface area (Å²) in [6.07, 6.45) is 0. The molecule has 1 amide bonds. The average molecular weight is 535 g/mol. The number of carbonyl (C=O) groups excluding carboxylic acids is 1. The van der Waals surface area contributed by atoms with Crippen LogP contribution in [0, 0.1) is 5.82 Å². The molecule has 0 bridgehead atoms. The lowest BCUT2D eigenvalue weighted by Crippen LogP contribution is -2.47. The molecule has 0 saturated carbocycles. The van der Waals surface area contributed by atoms with Gasteiger partial charge >= 0.3 is 0 Å². The van der Waals surface area contributed by atoms with Gasteiger partial charge in [-0.1, -0.05) is 26.0 Å². The van der Waals surface area contributed by atoms with Crippen molar-refractivity contribution >= 4 is 35.8 Å². The van der Waals surface area contributed by atoms with Crippen LogP contribution in [0.15, 0.2) is 29.3 Å². The van der Waals surface area contributed by atoms with Crippen LogP contribution in [0.3, 0.4) is 0 Å². The van der Waals surface area contributed by atoms with Gasteiger partial charge in [0.1, 0.15) is 12.4 Å². The van der Waals surface area contributed by atoms with Gasteiger partial charge in [-0.2, -0.15) is 0 Å². The lowest BCUT2D eigenvalue weighted by Gasteiger charge is -2.28. The third kappa shape index (κ3) is 9.13. The zero-order valence-corrected chi connectivity index (χ0v) is 20.7. The largest absolute Gasteiger partial charge is 0.379 e. The molecule has 7 nitrogen and oxygen atoms in total. The van der Waals surface area contributed by atoms with Crippen LogP contribution in [-0.2, 0) is 14.9 Å². The second-order valence-corrected chi connectivity index (χ2v) is 8.08. The molecule has 1 aliphatic heterocycles. The molecule has 0 aliphatic carbocycles. The van der Waals surface area contributed by atoms with Crippen LogP contribution in [0.1, 0.15) is 19.4 Å². The predicted molar refractivity (Wildman–Crippen MR) is 129 cm³/mol. The van der Waals surface area contributed by atoms with E-state index >= 15 is 0 Å². The van der Waals surface area contributed by atoms with Crippen molar-refractivity contribution in [3.05, 3.63) is 35.6 Å². The standard InChI is InChI=1S/C21H34FN5O2.HI/c1-21(2,17-6-5-7-18(22)14-17)16-25-20(24-15-19(28)26(3)4)23-8-9-27-10-12-29-13-11-27;/h5-7,14H,8-13,15-16H2,1-4H3,(H2,23,24,25);1H. The van der Waals surface area contributed by atoms with Gasteiger partial charge in [-0.15, -0.1) is 24.0 Å². The molecule has 2 N–H and O–H groups in total. The molecule has 0 unspecified atom stereocenters. The maximum absolute atomic E-state index is 13.6. The maximum atomic E-state index is 13.6. The van der Waals surface area contributed by atoms with Gasteiger partial charge in [0.2, 0.25) is 5.91 Å². The first-order valence-electron chi connectivity index (χ1n) is 10.1. The summed E-state index contributed by atoms with van der Waals surface area (Å²) in [4.78, 5) is 20.2. The van der Waals surface area contributed by atoms with Crippen molar-refractivity contribution in [1.29, 1.82) is 0 Å². The first-order valence-corrected chi connectivity index (χ1v) is 10.1. The smallest absolute Gasteiger partial charge is 0.243 e. The zero-order chi connectivity index (χ0) is 21.3. The molecule has 9 heteroatoms. The number of guanidine groups is 1. The minimum absolute atomic E-state index is 0. The molecule has 1 aromatic rings. The molecule has 0 spiro atoms. The second-order valence-electron chi connectivity index (χ2n) is 8.08. The number of halogens is 2. The summed E-state index contributed by atoms with van der Waals surface area (Å²) < 4.78 is 19.0. The van der Waals surface area contributed by atoms with E-state index in [1.165, 1.54) is 11.0 Å². The Morgan fingerprint density at radius 3 is 2.60 bits per heavy atom. The first-order chi connectivity index (χ1) is 13.8. The van der Waals surface area contributed by atoms with E-state index in [9.17, 15) is 9.18 Å². The van der Waals surface area contributed by atoms with Crippen LogP contribution in [0.25, 0.3) is 0 Å². The topological polar surface area (TPSA) is 69.2 Å². The molecule has 0 radical (unpaired) electrons. The Bertz CT molecular complexity index is 694. The number of carbonyl (C=O) groups is 1. The van der Waals surface area contributed by atoms with Gasteiger partial charge < -0.3 is 20.3 Å². The van der Waals surface area contributed by atoms with Crippen LogP contribution >= 0.6 is 24.0 Å². The van der Waals surface area contributed by atoms with Crippen molar-refractivity contribution in [3.63, 3.8) is 0 Å². The first kappa shape index (κ1) is 26.6. The van der Waals surface area contributed by atoms with Gasteiger partial charge in [0.25, 0.3) is 0 Å².